The Morgan fingerprint density at radius 3 is 2.48 bits per heavy atom. The predicted octanol–water partition coefficient (Wildman–Crippen LogP) is 5.24. The third-order valence-electron chi connectivity index (χ3n) is 4.88. The minimum absolute atomic E-state index is 0.293. The van der Waals surface area contributed by atoms with Gasteiger partial charge in [-0.1, -0.05) is 35.9 Å². The lowest BCUT2D eigenvalue weighted by Gasteiger charge is -2.17. The number of thioether (sulfide) groups is 1. The summed E-state index contributed by atoms with van der Waals surface area (Å²) in [4.78, 5) is 32.0. The van der Waals surface area contributed by atoms with E-state index in [1.54, 1.807) is 37.3 Å². The second kappa shape index (κ2) is 7.44. The molecule has 2 heterocycles. The number of carbonyl (C=O) groups excluding carboxylic acids is 2. The number of hydrogen-bond acceptors (Lipinski definition) is 4. The van der Waals surface area contributed by atoms with Crippen LogP contribution in [0, 0.1) is 26.6 Å². The standard InChI is InChI=1S/C23H19FN2O2S/c1-13-8-9-19(14(2)10-13)26-22(27)17-11-15(3)25-21(20(17)23(26)28)29-12-16-6-4-5-7-18(16)24/h4-11H,12H2,1-3H3. The van der Waals surface area contributed by atoms with Gasteiger partial charge in [0.15, 0.2) is 0 Å². The van der Waals surface area contributed by atoms with E-state index < -0.39 is 0 Å². The van der Waals surface area contributed by atoms with Gasteiger partial charge in [0.1, 0.15) is 10.8 Å². The fraction of sp³-hybridized carbons (Fsp3) is 0.174. The van der Waals surface area contributed by atoms with Crippen molar-refractivity contribution in [2.45, 2.75) is 31.6 Å². The van der Waals surface area contributed by atoms with Gasteiger partial charge in [-0.15, -0.1) is 11.8 Å². The van der Waals surface area contributed by atoms with Crippen molar-refractivity contribution in [3.05, 3.63) is 87.9 Å². The first kappa shape index (κ1) is 19.3. The molecule has 2 amide bonds. The number of benzene rings is 2. The lowest BCUT2D eigenvalue weighted by atomic mass is 10.1. The van der Waals surface area contributed by atoms with Crippen molar-refractivity contribution in [3.63, 3.8) is 0 Å². The number of fused-ring (bicyclic) bond motifs is 1. The smallest absolute Gasteiger partial charge is 0.268 e. The zero-order chi connectivity index (χ0) is 20.7. The Hall–Kier alpha value is -2.99. The highest BCUT2D eigenvalue weighted by Crippen LogP contribution is 2.36. The minimum atomic E-state index is -0.388. The largest absolute Gasteiger partial charge is 0.268 e. The van der Waals surface area contributed by atoms with E-state index in [2.05, 4.69) is 4.98 Å². The van der Waals surface area contributed by atoms with Crippen molar-refractivity contribution in [2.24, 2.45) is 0 Å². The average molecular weight is 406 g/mol. The van der Waals surface area contributed by atoms with E-state index in [1.165, 1.54) is 22.7 Å². The number of pyridine rings is 1. The minimum Gasteiger partial charge on any atom is -0.268 e. The van der Waals surface area contributed by atoms with Crippen molar-refractivity contribution < 1.29 is 14.0 Å². The fourth-order valence-corrected chi connectivity index (χ4v) is 4.56. The Labute approximate surface area is 172 Å². The van der Waals surface area contributed by atoms with Crippen molar-refractivity contribution in [1.29, 1.82) is 0 Å². The van der Waals surface area contributed by atoms with Crippen LogP contribution in [0.15, 0.2) is 53.6 Å². The summed E-state index contributed by atoms with van der Waals surface area (Å²) >= 11 is 1.27. The Bertz CT molecular complexity index is 1160. The molecule has 1 aromatic heterocycles. The first-order valence-corrected chi connectivity index (χ1v) is 10.2. The fourth-order valence-electron chi connectivity index (χ4n) is 3.49. The zero-order valence-corrected chi connectivity index (χ0v) is 17.1. The summed E-state index contributed by atoms with van der Waals surface area (Å²) < 4.78 is 14.0. The van der Waals surface area contributed by atoms with E-state index in [9.17, 15) is 14.0 Å². The molecule has 0 fully saturated rings. The summed E-state index contributed by atoms with van der Waals surface area (Å²) in [7, 11) is 0. The zero-order valence-electron chi connectivity index (χ0n) is 16.3. The van der Waals surface area contributed by atoms with Gasteiger partial charge in [-0.3, -0.25) is 9.59 Å². The molecule has 1 aliphatic heterocycles. The summed E-state index contributed by atoms with van der Waals surface area (Å²) in [6.07, 6.45) is 0. The van der Waals surface area contributed by atoms with Gasteiger partial charge in [0.25, 0.3) is 11.8 Å². The highest BCUT2D eigenvalue weighted by molar-refractivity contribution is 7.98. The number of aryl methyl sites for hydroxylation is 3. The van der Waals surface area contributed by atoms with E-state index in [0.29, 0.717) is 38.9 Å². The second-order valence-electron chi connectivity index (χ2n) is 7.11. The number of hydrogen-bond donors (Lipinski definition) is 0. The second-order valence-corrected chi connectivity index (χ2v) is 8.07. The number of halogens is 1. The first-order chi connectivity index (χ1) is 13.9. The van der Waals surface area contributed by atoms with E-state index in [0.717, 1.165) is 11.1 Å². The molecule has 0 bridgehead atoms. The molecule has 2 aromatic carbocycles. The van der Waals surface area contributed by atoms with Crippen molar-refractivity contribution >= 4 is 29.3 Å². The molecule has 1 aliphatic rings. The van der Waals surface area contributed by atoms with Crippen LogP contribution in [0.2, 0.25) is 0 Å². The van der Waals surface area contributed by atoms with E-state index >= 15 is 0 Å². The molecule has 4 nitrogen and oxygen atoms in total. The number of imide groups is 1. The molecule has 29 heavy (non-hydrogen) atoms. The first-order valence-electron chi connectivity index (χ1n) is 9.20. The molecule has 0 spiro atoms. The molecule has 6 heteroatoms. The molecule has 0 saturated carbocycles. The number of anilines is 1. The third kappa shape index (κ3) is 3.44. The number of aromatic nitrogens is 1. The Morgan fingerprint density at radius 1 is 1.00 bits per heavy atom. The normalized spacial score (nSPS) is 13.2. The Morgan fingerprint density at radius 2 is 1.76 bits per heavy atom. The van der Waals surface area contributed by atoms with Crippen LogP contribution in [0.5, 0.6) is 0 Å². The Kier molecular flexibility index (Phi) is 4.96. The van der Waals surface area contributed by atoms with Gasteiger partial charge in [-0.25, -0.2) is 14.3 Å². The molecule has 4 rings (SSSR count). The molecular weight excluding hydrogens is 387 g/mol. The SMILES string of the molecule is Cc1ccc(N2C(=O)c3cc(C)nc(SCc4ccccc4F)c3C2=O)c(C)c1. The van der Waals surface area contributed by atoms with Gasteiger partial charge in [-0.2, -0.15) is 0 Å². The highest BCUT2D eigenvalue weighted by atomic mass is 32.2. The number of carbonyl (C=O) groups is 2. The maximum Gasteiger partial charge on any atom is 0.268 e. The molecule has 0 saturated heterocycles. The summed E-state index contributed by atoms with van der Waals surface area (Å²) in [6.45, 7) is 5.62. The molecule has 0 N–H and O–H groups in total. The molecule has 3 aromatic rings. The van der Waals surface area contributed by atoms with Gasteiger partial charge in [-0.05, 0) is 50.1 Å². The van der Waals surface area contributed by atoms with E-state index in [4.69, 9.17) is 0 Å². The van der Waals surface area contributed by atoms with Gasteiger partial charge in [0, 0.05) is 11.4 Å². The maximum absolute atomic E-state index is 14.0. The monoisotopic (exact) mass is 406 g/mol. The molecular formula is C23H19FN2O2S. The summed E-state index contributed by atoms with van der Waals surface area (Å²) in [5, 5.41) is 0.453. The molecule has 0 aliphatic carbocycles. The number of amides is 2. The van der Waals surface area contributed by atoms with Crippen LogP contribution in [0.3, 0.4) is 0 Å². The third-order valence-corrected chi connectivity index (χ3v) is 5.90. The lowest BCUT2D eigenvalue weighted by molar-refractivity contribution is 0.0925. The molecule has 146 valence electrons. The molecule has 0 atom stereocenters. The van der Waals surface area contributed by atoms with Crippen LogP contribution in [0.25, 0.3) is 0 Å². The Balaban J connectivity index is 1.73. The van der Waals surface area contributed by atoms with E-state index in [1.807, 2.05) is 26.0 Å². The average Bonchev–Trinajstić information content (AvgIpc) is 2.92. The van der Waals surface area contributed by atoms with Crippen molar-refractivity contribution in [1.82, 2.24) is 4.98 Å². The number of nitrogens with zero attached hydrogens (tertiary/aromatic N) is 2. The molecule has 0 radical (unpaired) electrons. The van der Waals surface area contributed by atoms with E-state index in [-0.39, 0.29) is 17.6 Å². The topological polar surface area (TPSA) is 50.3 Å². The van der Waals surface area contributed by atoms with Crippen molar-refractivity contribution in [2.75, 3.05) is 4.90 Å². The predicted molar refractivity (Wildman–Crippen MR) is 112 cm³/mol. The summed E-state index contributed by atoms with van der Waals surface area (Å²) in [5.41, 5.74) is 4.29. The van der Waals surface area contributed by atoms with Crippen LogP contribution in [0.4, 0.5) is 10.1 Å². The maximum atomic E-state index is 14.0. The van der Waals surface area contributed by atoms with Crippen LogP contribution in [-0.4, -0.2) is 16.8 Å². The van der Waals surface area contributed by atoms with Gasteiger partial charge >= 0.3 is 0 Å². The van der Waals surface area contributed by atoms with Gasteiger partial charge in [0.2, 0.25) is 0 Å². The lowest BCUT2D eigenvalue weighted by Crippen LogP contribution is -2.30. The van der Waals surface area contributed by atoms with Gasteiger partial charge in [0.05, 0.1) is 16.8 Å². The van der Waals surface area contributed by atoms with Crippen LogP contribution >= 0.6 is 11.8 Å². The van der Waals surface area contributed by atoms with Crippen LogP contribution in [0.1, 0.15) is 43.1 Å². The number of rotatable bonds is 4. The van der Waals surface area contributed by atoms with Gasteiger partial charge < -0.3 is 0 Å². The van der Waals surface area contributed by atoms with Crippen molar-refractivity contribution in [3.8, 4) is 0 Å². The quantitative estimate of drug-likeness (QED) is 0.439. The van der Waals surface area contributed by atoms with Crippen LogP contribution < -0.4 is 4.90 Å². The molecule has 0 unspecified atom stereocenters. The summed E-state index contributed by atoms with van der Waals surface area (Å²) in [5.74, 6) is -0.722. The highest BCUT2D eigenvalue weighted by Gasteiger charge is 2.40. The summed E-state index contributed by atoms with van der Waals surface area (Å²) in [6, 6.07) is 13.8. The van der Waals surface area contributed by atoms with Crippen LogP contribution in [-0.2, 0) is 5.75 Å².